The fourth-order valence-electron chi connectivity index (χ4n) is 1.60. The molecule has 0 saturated carbocycles. The Balaban J connectivity index is 4.03. The van der Waals surface area contributed by atoms with Crippen LogP contribution in [0.2, 0.25) is 0 Å². The monoisotopic (exact) mass is 215 g/mol. The van der Waals surface area contributed by atoms with Crippen LogP contribution in [0.25, 0.3) is 0 Å². The summed E-state index contributed by atoms with van der Waals surface area (Å²) in [5.41, 5.74) is 1.22. The Morgan fingerprint density at radius 3 is 1.86 bits per heavy atom. The zero-order chi connectivity index (χ0) is 11.1. The van der Waals surface area contributed by atoms with E-state index in [2.05, 4.69) is 51.8 Å². The summed E-state index contributed by atoms with van der Waals surface area (Å²) in [6.45, 7) is 16.4. The van der Waals surface area contributed by atoms with Crippen molar-refractivity contribution in [3.05, 3.63) is 12.2 Å². The standard InChI is InChI=1S/C12H25NS/c1-10(2)6-13(7-11(3)4)8-12(5)9-14/h10-11,14H,5-9H2,1-4H3. The molecule has 0 spiro atoms. The molecule has 0 heterocycles. The number of rotatable bonds is 7. The molecule has 0 radical (unpaired) electrons. The van der Waals surface area contributed by atoms with Gasteiger partial charge >= 0.3 is 0 Å². The van der Waals surface area contributed by atoms with E-state index in [4.69, 9.17) is 0 Å². The van der Waals surface area contributed by atoms with Gasteiger partial charge in [0.1, 0.15) is 0 Å². The quantitative estimate of drug-likeness (QED) is 0.504. The third-order valence-electron chi connectivity index (χ3n) is 1.92. The van der Waals surface area contributed by atoms with E-state index in [1.54, 1.807) is 0 Å². The molecular formula is C12H25NS. The molecular weight excluding hydrogens is 190 g/mol. The maximum atomic E-state index is 4.25. The lowest BCUT2D eigenvalue weighted by Crippen LogP contribution is -2.33. The molecule has 0 aliphatic heterocycles. The molecule has 84 valence electrons. The maximum Gasteiger partial charge on any atom is 0.0198 e. The molecule has 0 bridgehead atoms. The molecule has 0 N–H and O–H groups in total. The average molecular weight is 215 g/mol. The van der Waals surface area contributed by atoms with Crippen molar-refractivity contribution in [2.24, 2.45) is 11.8 Å². The second kappa shape index (κ2) is 7.36. The maximum absolute atomic E-state index is 4.25. The molecule has 0 saturated heterocycles. The molecule has 0 fully saturated rings. The highest BCUT2D eigenvalue weighted by molar-refractivity contribution is 7.80. The lowest BCUT2D eigenvalue weighted by Gasteiger charge is -2.26. The Morgan fingerprint density at radius 2 is 1.57 bits per heavy atom. The molecule has 2 heteroatoms. The summed E-state index contributed by atoms with van der Waals surface area (Å²) in [5.74, 6) is 2.25. The minimum atomic E-state index is 0.724. The summed E-state index contributed by atoms with van der Waals surface area (Å²) in [6, 6.07) is 0. The summed E-state index contributed by atoms with van der Waals surface area (Å²) in [4.78, 5) is 2.48. The van der Waals surface area contributed by atoms with E-state index in [1.165, 1.54) is 5.57 Å². The van der Waals surface area contributed by atoms with Gasteiger partial charge in [0.25, 0.3) is 0 Å². The van der Waals surface area contributed by atoms with E-state index >= 15 is 0 Å². The Hall–Kier alpha value is 0.0500. The molecule has 0 aliphatic carbocycles. The van der Waals surface area contributed by atoms with Crippen LogP contribution in [-0.4, -0.2) is 30.3 Å². The smallest absolute Gasteiger partial charge is 0.0198 e. The number of nitrogens with zero attached hydrogens (tertiary/aromatic N) is 1. The van der Waals surface area contributed by atoms with Crippen molar-refractivity contribution in [2.75, 3.05) is 25.4 Å². The highest BCUT2D eigenvalue weighted by atomic mass is 32.1. The number of hydrogen-bond acceptors (Lipinski definition) is 2. The third kappa shape index (κ3) is 7.45. The van der Waals surface area contributed by atoms with Gasteiger partial charge in [0.15, 0.2) is 0 Å². The highest BCUT2D eigenvalue weighted by Crippen LogP contribution is 2.07. The van der Waals surface area contributed by atoms with Gasteiger partial charge in [-0.1, -0.05) is 39.8 Å². The normalized spacial score (nSPS) is 11.7. The first-order valence-corrected chi connectivity index (χ1v) is 6.08. The van der Waals surface area contributed by atoms with Crippen LogP contribution in [0.1, 0.15) is 27.7 Å². The van der Waals surface area contributed by atoms with Crippen LogP contribution < -0.4 is 0 Å². The summed E-state index contributed by atoms with van der Waals surface area (Å²) in [5, 5.41) is 0. The van der Waals surface area contributed by atoms with Crippen LogP contribution in [0.15, 0.2) is 12.2 Å². The summed E-state index contributed by atoms with van der Waals surface area (Å²) in [6.07, 6.45) is 0. The first-order chi connectivity index (χ1) is 6.45. The second-order valence-electron chi connectivity index (χ2n) is 4.89. The van der Waals surface area contributed by atoms with Crippen molar-refractivity contribution in [3.63, 3.8) is 0 Å². The second-order valence-corrected chi connectivity index (χ2v) is 5.21. The fourth-order valence-corrected chi connectivity index (χ4v) is 1.70. The van der Waals surface area contributed by atoms with E-state index in [0.717, 1.165) is 37.2 Å². The van der Waals surface area contributed by atoms with Gasteiger partial charge in [0.05, 0.1) is 0 Å². The first-order valence-electron chi connectivity index (χ1n) is 5.45. The minimum absolute atomic E-state index is 0.724. The van der Waals surface area contributed by atoms with Gasteiger partial charge in [-0.3, -0.25) is 4.90 Å². The van der Waals surface area contributed by atoms with Crippen LogP contribution in [0.5, 0.6) is 0 Å². The van der Waals surface area contributed by atoms with Crippen molar-refractivity contribution in [1.82, 2.24) is 4.90 Å². The Bertz CT molecular complexity index is 154. The van der Waals surface area contributed by atoms with Crippen LogP contribution in [0.4, 0.5) is 0 Å². The van der Waals surface area contributed by atoms with Crippen molar-refractivity contribution < 1.29 is 0 Å². The van der Waals surface area contributed by atoms with Gasteiger partial charge in [0.2, 0.25) is 0 Å². The van der Waals surface area contributed by atoms with E-state index in [0.29, 0.717) is 0 Å². The fraction of sp³-hybridized carbons (Fsp3) is 0.833. The van der Waals surface area contributed by atoms with Crippen LogP contribution in [0, 0.1) is 11.8 Å². The lowest BCUT2D eigenvalue weighted by atomic mass is 10.1. The summed E-state index contributed by atoms with van der Waals surface area (Å²) >= 11 is 4.25. The molecule has 0 aromatic rings. The van der Waals surface area contributed by atoms with Crippen molar-refractivity contribution in [3.8, 4) is 0 Å². The van der Waals surface area contributed by atoms with Crippen molar-refractivity contribution in [1.29, 1.82) is 0 Å². The largest absolute Gasteiger partial charge is 0.299 e. The van der Waals surface area contributed by atoms with Gasteiger partial charge in [-0.15, -0.1) is 0 Å². The van der Waals surface area contributed by atoms with Gasteiger partial charge in [-0.05, 0) is 11.8 Å². The number of thiol groups is 1. The Kier molecular flexibility index (Phi) is 7.38. The molecule has 1 nitrogen and oxygen atoms in total. The average Bonchev–Trinajstić information content (AvgIpc) is 2.01. The van der Waals surface area contributed by atoms with Gasteiger partial charge < -0.3 is 0 Å². The Morgan fingerprint density at radius 1 is 1.14 bits per heavy atom. The van der Waals surface area contributed by atoms with Gasteiger partial charge in [-0.2, -0.15) is 12.6 Å². The van der Waals surface area contributed by atoms with Crippen molar-refractivity contribution in [2.45, 2.75) is 27.7 Å². The van der Waals surface area contributed by atoms with Gasteiger partial charge in [-0.25, -0.2) is 0 Å². The predicted octanol–water partition coefficient (Wildman–Crippen LogP) is 3.09. The van der Waals surface area contributed by atoms with Crippen LogP contribution in [0.3, 0.4) is 0 Å². The Labute approximate surface area is 95.0 Å². The SMILES string of the molecule is C=C(CS)CN(CC(C)C)CC(C)C. The molecule has 0 unspecified atom stereocenters. The molecule has 0 aromatic carbocycles. The first kappa shape index (κ1) is 14.1. The van der Waals surface area contributed by atoms with E-state index < -0.39 is 0 Å². The molecule has 0 rings (SSSR count). The predicted molar refractivity (Wildman–Crippen MR) is 69.1 cm³/mol. The molecule has 14 heavy (non-hydrogen) atoms. The van der Waals surface area contributed by atoms with Crippen molar-refractivity contribution >= 4 is 12.6 Å². The van der Waals surface area contributed by atoms with Crippen LogP contribution in [-0.2, 0) is 0 Å². The topological polar surface area (TPSA) is 3.24 Å². The van der Waals surface area contributed by atoms with Crippen LogP contribution >= 0.6 is 12.6 Å². The number of hydrogen-bond donors (Lipinski definition) is 1. The van der Waals surface area contributed by atoms with Gasteiger partial charge in [0, 0.05) is 25.4 Å². The summed E-state index contributed by atoms with van der Waals surface area (Å²) < 4.78 is 0. The summed E-state index contributed by atoms with van der Waals surface area (Å²) in [7, 11) is 0. The molecule has 0 aromatic heterocycles. The lowest BCUT2D eigenvalue weighted by molar-refractivity contribution is 0.237. The zero-order valence-corrected chi connectivity index (χ0v) is 11.0. The third-order valence-corrected chi connectivity index (χ3v) is 2.36. The van der Waals surface area contributed by atoms with E-state index in [1.807, 2.05) is 0 Å². The van der Waals surface area contributed by atoms with E-state index in [9.17, 15) is 0 Å². The molecule has 0 atom stereocenters. The molecule has 0 aliphatic rings. The molecule has 0 amide bonds. The van der Waals surface area contributed by atoms with E-state index in [-0.39, 0.29) is 0 Å². The zero-order valence-electron chi connectivity index (χ0n) is 10.1. The minimum Gasteiger partial charge on any atom is -0.299 e. The highest BCUT2D eigenvalue weighted by Gasteiger charge is 2.09.